The average Bonchev–Trinajstić information content (AvgIpc) is 3.26. The van der Waals surface area contributed by atoms with Gasteiger partial charge in [-0.05, 0) is 37.7 Å². The van der Waals surface area contributed by atoms with Gasteiger partial charge >= 0.3 is 0 Å². The SMILES string of the molecule is C=CN(C)C(=O)C(=C)C=NC(C)N1CC(S(=O)(=O)NCCN2CCN(c3ccc4c(c3)C(=O)N(C3CCC(=O)NC3=O)C4=O)CC2)C1. The van der Waals surface area contributed by atoms with Gasteiger partial charge in [0.25, 0.3) is 17.7 Å². The molecule has 4 aliphatic heterocycles. The van der Waals surface area contributed by atoms with E-state index < -0.39 is 44.9 Å². The lowest BCUT2D eigenvalue weighted by Crippen LogP contribution is -2.60. The molecule has 15 nitrogen and oxygen atoms in total. The maximum absolute atomic E-state index is 13.2. The molecule has 5 rings (SSSR count). The van der Waals surface area contributed by atoms with Gasteiger partial charge in [-0.2, -0.15) is 0 Å². The zero-order chi connectivity index (χ0) is 34.0. The fourth-order valence-corrected chi connectivity index (χ4v) is 7.36. The zero-order valence-electron chi connectivity index (χ0n) is 26.6. The van der Waals surface area contributed by atoms with Gasteiger partial charge in [0, 0.05) is 77.7 Å². The summed E-state index contributed by atoms with van der Waals surface area (Å²) >= 11 is 0. The van der Waals surface area contributed by atoms with Gasteiger partial charge < -0.3 is 9.80 Å². The van der Waals surface area contributed by atoms with E-state index >= 15 is 0 Å². The van der Waals surface area contributed by atoms with Crippen molar-refractivity contribution >= 4 is 51.5 Å². The molecule has 2 N–H and O–H groups in total. The number of fused-ring (bicyclic) bond motifs is 1. The molecule has 252 valence electrons. The minimum absolute atomic E-state index is 0.0618. The largest absolute Gasteiger partial charge is 0.369 e. The van der Waals surface area contributed by atoms with Gasteiger partial charge in [0.15, 0.2) is 0 Å². The Labute approximate surface area is 274 Å². The first kappa shape index (κ1) is 34.1. The van der Waals surface area contributed by atoms with Crippen LogP contribution in [0.2, 0.25) is 0 Å². The molecule has 1 aromatic rings. The number of amides is 5. The summed E-state index contributed by atoms with van der Waals surface area (Å²) < 4.78 is 28.4. The van der Waals surface area contributed by atoms with Crippen molar-refractivity contribution in [3.8, 4) is 0 Å². The number of rotatable bonds is 12. The summed E-state index contributed by atoms with van der Waals surface area (Å²) in [5.41, 5.74) is 1.47. The number of likely N-dealkylation sites (N-methyl/N-ethyl adjacent to an activating group) is 1. The molecule has 0 bridgehead atoms. The normalized spacial score (nSPS) is 21.9. The lowest BCUT2D eigenvalue weighted by atomic mass is 10.0. The molecule has 3 fully saturated rings. The smallest absolute Gasteiger partial charge is 0.262 e. The van der Waals surface area contributed by atoms with Crippen LogP contribution in [0.4, 0.5) is 5.69 Å². The van der Waals surface area contributed by atoms with Crippen molar-refractivity contribution < 1.29 is 32.4 Å². The van der Waals surface area contributed by atoms with E-state index in [2.05, 4.69) is 38.0 Å². The summed E-state index contributed by atoms with van der Waals surface area (Å²) in [6.07, 6.45) is 2.64. The van der Waals surface area contributed by atoms with Crippen molar-refractivity contribution in [1.29, 1.82) is 0 Å². The van der Waals surface area contributed by atoms with E-state index in [-0.39, 0.29) is 48.2 Å². The maximum atomic E-state index is 13.2. The fraction of sp³-hybridized carbons (Fsp3) is 0.484. The quantitative estimate of drug-likeness (QED) is 0.166. The van der Waals surface area contributed by atoms with E-state index in [0.29, 0.717) is 45.8 Å². The van der Waals surface area contributed by atoms with Gasteiger partial charge in [0.1, 0.15) is 11.3 Å². The van der Waals surface area contributed by atoms with Crippen LogP contribution < -0.4 is 14.9 Å². The molecular formula is C31H40N8O7S. The van der Waals surface area contributed by atoms with Gasteiger partial charge in [0.05, 0.1) is 22.9 Å². The number of carbonyl (C=O) groups is 5. The van der Waals surface area contributed by atoms with Crippen LogP contribution in [0.3, 0.4) is 0 Å². The summed E-state index contributed by atoms with van der Waals surface area (Å²) in [7, 11) is -1.94. The molecule has 2 atom stereocenters. The highest BCUT2D eigenvalue weighted by Crippen LogP contribution is 2.31. The Balaban J connectivity index is 1.05. The monoisotopic (exact) mass is 668 g/mol. The standard InChI is InChI=1S/C31H40N8O7S/c1-5-35(4)29(42)20(2)17-32-21(3)38-18-23(19-38)47(45,46)33-10-11-36-12-14-37(15-13-36)22-6-7-24-25(16-22)31(44)39(30(24)43)26-8-9-27(40)34-28(26)41/h5-7,16-17,21,23,26,33H,1-2,8-15,18-19H2,3-4H3,(H,34,40,41). The first-order chi connectivity index (χ1) is 22.3. The molecule has 4 aliphatic rings. The highest BCUT2D eigenvalue weighted by molar-refractivity contribution is 7.90. The lowest BCUT2D eigenvalue weighted by molar-refractivity contribution is -0.136. The van der Waals surface area contributed by atoms with Crippen molar-refractivity contribution in [1.82, 2.24) is 29.6 Å². The number of imide groups is 2. The minimum Gasteiger partial charge on any atom is -0.369 e. The summed E-state index contributed by atoms with van der Waals surface area (Å²) in [6, 6.07) is 4.06. The number of piperazine rings is 1. The van der Waals surface area contributed by atoms with Crippen LogP contribution in [0.25, 0.3) is 0 Å². The number of aliphatic imine (C=N–C) groups is 1. The Kier molecular flexibility index (Phi) is 10.0. The fourth-order valence-electron chi connectivity index (χ4n) is 5.98. The summed E-state index contributed by atoms with van der Waals surface area (Å²) in [6.45, 7) is 13.2. The van der Waals surface area contributed by atoms with Crippen LogP contribution in [0.15, 0.2) is 48.1 Å². The van der Waals surface area contributed by atoms with Gasteiger partial charge in [-0.25, -0.2) is 13.1 Å². The molecule has 16 heteroatoms. The maximum Gasteiger partial charge on any atom is 0.262 e. The molecule has 5 amide bonds. The van der Waals surface area contributed by atoms with Crippen molar-refractivity contribution in [2.24, 2.45) is 4.99 Å². The Morgan fingerprint density at radius 1 is 1.13 bits per heavy atom. The number of sulfonamides is 1. The van der Waals surface area contributed by atoms with Crippen molar-refractivity contribution in [3.05, 3.63) is 54.3 Å². The second-order valence-corrected chi connectivity index (χ2v) is 14.1. The number of piperidine rings is 1. The molecule has 47 heavy (non-hydrogen) atoms. The number of carbonyl (C=O) groups excluding carboxylic acids is 5. The number of anilines is 1. The van der Waals surface area contributed by atoms with E-state index in [4.69, 9.17) is 0 Å². The molecular weight excluding hydrogens is 628 g/mol. The van der Waals surface area contributed by atoms with Gasteiger partial charge in [-0.3, -0.25) is 49.0 Å². The van der Waals surface area contributed by atoms with Crippen molar-refractivity contribution in [3.63, 3.8) is 0 Å². The lowest BCUT2D eigenvalue weighted by Gasteiger charge is -2.41. The molecule has 2 unspecified atom stereocenters. The molecule has 3 saturated heterocycles. The van der Waals surface area contributed by atoms with Gasteiger partial charge in [0.2, 0.25) is 21.8 Å². The molecule has 0 aliphatic carbocycles. The Hall–Kier alpha value is -4.25. The molecule has 0 radical (unpaired) electrons. The summed E-state index contributed by atoms with van der Waals surface area (Å²) in [4.78, 5) is 74.9. The molecule has 0 saturated carbocycles. The number of nitrogens with one attached hydrogen (secondary N) is 2. The third-order valence-corrected chi connectivity index (χ3v) is 10.8. The third kappa shape index (κ3) is 7.20. The minimum atomic E-state index is -3.51. The van der Waals surface area contributed by atoms with Crippen LogP contribution in [0, 0.1) is 0 Å². The van der Waals surface area contributed by atoms with Crippen LogP contribution in [-0.4, -0.2) is 141 Å². The number of nitrogens with zero attached hydrogens (tertiary/aromatic N) is 6. The van der Waals surface area contributed by atoms with E-state index in [9.17, 15) is 32.4 Å². The first-order valence-corrected chi connectivity index (χ1v) is 17.0. The van der Waals surface area contributed by atoms with Crippen molar-refractivity contribution in [2.45, 2.75) is 37.2 Å². The van der Waals surface area contributed by atoms with Crippen molar-refractivity contribution in [2.75, 3.05) is 64.3 Å². The predicted molar refractivity (Wildman–Crippen MR) is 174 cm³/mol. The molecule has 0 spiro atoms. The topological polar surface area (TPSA) is 172 Å². The second-order valence-electron chi connectivity index (χ2n) is 12.1. The Morgan fingerprint density at radius 2 is 1.81 bits per heavy atom. The van der Waals surface area contributed by atoms with E-state index in [1.165, 1.54) is 17.3 Å². The highest BCUT2D eigenvalue weighted by atomic mass is 32.2. The predicted octanol–water partition coefficient (Wildman–Crippen LogP) is -0.612. The third-order valence-electron chi connectivity index (χ3n) is 9.05. The highest BCUT2D eigenvalue weighted by Gasteiger charge is 2.45. The van der Waals surface area contributed by atoms with E-state index in [1.807, 2.05) is 11.8 Å². The van der Waals surface area contributed by atoms with Crippen LogP contribution in [-0.2, 0) is 24.4 Å². The van der Waals surface area contributed by atoms with Crippen LogP contribution >= 0.6 is 0 Å². The van der Waals surface area contributed by atoms with E-state index in [0.717, 1.165) is 10.6 Å². The number of hydrogen-bond donors (Lipinski definition) is 2. The number of hydrogen-bond acceptors (Lipinski definition) is 11. The molecule has 1 aromatic carbocycles. The zero-order valence-corrected chi connectivity index (χ0v) is 27.4. The van der Waals surface area contributed by atoms with Gasteiger partial charge in [-0.1, -0.05) is 13.2 Å². The van der Waals surface area contributed by atoms with Gasteiger partial charge in [-0.15, -0.1) is 0 Å². The summed E-state index contributed by atoms with van der Waals surface area (Å²) in [5.74, 6) is -2.46. The average molecular weight is 669 g/mol. The Bertz CT molecular complexity index is 1630. The second kappa shape index (κ2) is 13.9. The molecule has 0 aromatic heterocycles. The van der Waals surface area contributed by atoms with E-state index in [1.54, 1.807) is 25.2 Å². The van der Waals surface area contributed by atoms with Crippen LogP contribution in [0.1, 0.15) is 40.5 Å². The number of benzene rings is 1. The van der Waals surface area contributed by atoms with Crippen LogP contribution in [0.5, 0.6) is 0 Å². The first-order valence-electron chi connectivity index (χ1n) is 15.5. The molecule has 4 heterocycles. The summed E-state index contributed by atoms with van der Waals surface area (Å²) in [5, 5.41) is 1.65. The Morgan fingerprint density at radius 3 is 2.47 bits per heavy atom. The number of likely N-dealkylation sites (tertiary alicyclic amines) is 1.